The molecular weight excluding hydrogens is 516 g/mol. The number of aliphatic hydroxyl groups excluding tert-OH is 2. The van der Waals surface area contributed by atoms with E-state index in [-0.39, 0.29) is 23.8 Å². The van der Waals surface area contributed by atoms with E-state index >= 15 is 0 Å². The summed E-state index contributed by atoms with van der Waals surface area (Å²) in [6, 6.07) is 3.57. The van der Waals surface area contributed by atoms with Crippen LogP contribution in [0.4, 0.5) is 10.5 Å². The van der Waals surface area contributed by atoms with E-state index in [1.165, 1.54) is 18.1 Å². The van der Waals surface area contributed by atoms with Crippen LogP contribution in [0.25, 0.3) is 0 Å². The zero-order valence-corrected chi connectivity index (χ0v) is 22.9. The molecule has 38 heavy (non-hydrogen) atoms. The van der Waals surface area contributed by atoms with Crippen LogP contribution in [-0.2, 0) is 20.7 Å². The van der Waals surface area contributed by atoms with Gasteiger partial charge in [0.05, 0.1) is 31.4 Å². The summed E-state index contributed by atoms with van der Waals surface area (Å²) in [5.41, 5.74) is -0.860. The number of carbonyl (C=O) groups excluding carboxylic acids is 2. The lowest BCUT2D eigenvalue weighted by atomic mass is 9.84. The Labute approximate surface area is 226 Å². The molecule has 0 spiro atoms. The van der Waals surface area contributed by atoms with E-state index in [0.717, 1.165) is 11.1 Å². The summed E-state index contributed by atoms with van der Waals surface area (Å²) in [4.78, 5) is 26.9. The van der Waals surface area contributed by atoms with Gasteiger partial charge in [0.2, 0.25) is 5.91 Å². The number of methoxy groups -OCH3 is 1. The first-order valence-corrected chi connectivity index (χ1v) is 12.9. The number of hydrogen-bond donors (Lipinski definition) is 4. The molecule has 3 heterocycles. The van der Waals surface area contributed by atoms with Crippen LogP contribution < -0.4 is 15.0 Å². The maximum absolute atomic E-state index is 13.2. The van der Waals surface area contributed by atoms with Crippen LogP contribution in [0.2, 0.25) is 5.02 Å². The molecule has 4 N–H and O–H groups in total. The third kappa shape index (κ3) is 5.41. The number of hydrogen-bond acceptors (Lipinski definition) is 8. The number of halogens is 1. The average molecular weight is 551 g/mol. The average Bonchev–Trinajstić information content (AvgIpc) is 3.55. The topological polar surface area (TPSA) is 141 Å². The summed E-state index contributed by atoms with van der Waals surface area (Å²) in [6.07, 6.45) is 0.107. The van der Waals surface area contributed by atoms with Crippen LogP contribution in [0.5, 0.6) is 5.75 Å². The first-order chi connectivity index (χ1) is 17.8. The third-order valence-electron chi connectivity index (χ3n) is 7.75. The molecule has 0 aromatic heterocycles. The van der Waals surface area contributed by atoms with Crippen molar-refractivity contribution in [2.24, 2.45) is 5.92 Å². The van der Waals surface area contributed by atoms with E-state index in [1.807, 2.05) is 6.92 Å². The highest BCUT2D eigenvalue weighted by atomic mass is 35.5. The molecule has 3 aliphatic heterocycles. The molecule has 0 aliphatic carbocycles. The van der Waals surface area contributed by atoms with E-state index < -0.39 is 47.8 Å². The highest BCUT2D eigenvalue weighted by Crippen LogP contribution is 2.48. The van der Waals surface area contributed by atoms with Gasteiger partial charge in [0.25, 0.3) is 0 Å². The number of nitrogens with zero attached hydrogens (tertiary/aromatic N) is 1. The molecule has 0 radical (unpaired) electrons. The summed E-state index contributed by atoms with van der Waals surface area (Å²) in [5.74, 6) is -0.419. The van der Waals surface area contributed by atoms with E-state index in [2.05, 4.69) is 5.32 Å². The Bertz CT molecular complexity index is 1170. The summed E-state index contributed by atoms with van der Waals surface area (Å²) in [6.45, 7) is 5.35. The maximum Gasteiger partial charge on any atom is 0.409 e. The lowest BCUT2D eigenvalue weighted by molar-refractivity contribution is -0.133. The van der Waals surface area contributed by atoms with Crippen molar-refractivity contribution in [1.82, 2.24) is 5.32 Å². The highest BCUT2D eigenvalue weighted by Gasteiger charge is 2.62. The Morgan fingerprint density at radius 1 is 1.26 bits per heavy atom. The number of rotatable bonds is 1. The number of epoxide rings is 1. The van der Waals surface area contributed by atoms with Crippen LogP contribution >= 0.6 is 11.6 Å². The van der Waals surface area contributed by atoms with E-state index in [0.29, 0.717) is 17.9 Å². The predicted octanol–water partition coefficient (Wildman–Crippen LogP) is 2.46. The van der Waals surface area contributed by atoms with Gasteiger partial charge in [0, 0.05) is 19.4 Å². The molecule has 2 saturated heterocycles. The quantitative estimate of drug-likeness (QED) is 0.391. The second-order valence-corrected chi connectivity index (χ2v) is 11.0. The van der Waals surface area contributed by atoms with Gasteiger partial charge in [-0.15, -0.1) is 0 Å². The number of allylic oxidation sites excluding steroid dienone is 3. The minimum atomic E-state index is -1.96. The molecule has 2 fully saturated rings. The van der Waals surface area contributed by atoms with Crippen molar-refractivity contribution in [3.8, 4) is 5.75 Å². The number of ether oxygens (including phenoxy) is 3. The summed E-state index contributed by atoms with van der Waals surface area (Å²) in [5, 5.41) is 35.5. The number of carbonyl (C=O) groups is 2. The third-order valence-corrected chi connectivity index (χ3v) is 8.13. The van der Waals surface area contributed by atoms with Crippen LogP contribution in [0.15, 0.2) is 35.9 Å². The molecule has 1 aromatic carbocycles. The van der Waals surface area contributed by atoms with Gasteiger partial charge in [-0.1, -0.05) is 42.3 Å². The maximum atomic E-state index is 13.2. The van der Waals surface area contributed by atoms with Gasteiger partial charge in [0.1, 0.15) is 28.6 Å². The Kier molecular flexibility index (Phi) is 7.84. The zero-order chi connectivity index (χ0) is 28.0. The van der Waals surface area contributed by atoms with Gasteiger partial charge < -0.3 is 34.4 Å². The second-order valence-electron chi connectivity index (χ2n) is 10.6. The zero-order valence-electron chi connectivity index (χ0n) is 22.1. The second kappa shape index (κ2) is 10.5. The molecule has 11 heteroatoms. The van der Waals surface area contributed by atoms with Gasteiger partial charge in [-0.3, -0.25) is 10.1 Å². The van der Waals surface area contributed by atoms with E-state index in [9.17, 15) is 24.9 Å². The normalized spacial score (nSPS) is 38.3. The minimum Gasteiger partial charge on any atom is -0.495 e. The number of fused-ring (bicyclic) bond motifs is 5. The molecule has 4 bridgehead atoms. The molecule has 1 unspecified atom stereocenters. The van der Waals surface area contributed by atoms with Crippen molar-refractivity contribution < 1.29 is 39.1 Å². The highest BCUT2D eigenvalue weighted by molar-refractivity contribution is 6.35. The molecule has 0 saturated carbocycles. The number of benzene rings is 1. The number of anilines is 1. The summed E-state index contributed by atoms with van der Waals surface area (Å²) >= 11 is 6.55. The van der Waals surface area contributed by atoms with E-state index in [4.69, 9.17) is 25.8 Å². The molecule has 1 aromatic rings. The van der Waals surface area contributed by atoms with Gasteiger partial charge in [0.15, 0.2) is 5.72 Å². The molecule has 4 rings (SSSR count). The standard InChI is InChI=1S/C27H35ClN2O8/c1-14-7-6-8-20(31)27(35)13-19(37-25(34)29-27)15(2)24-26(3,38-24)21(32)12-22(33)30(4)17-10-16(9-14)11-18(36-5)23(17)28/h6-8,10-11,15,19-21,24,31-32,35H,9,12-13H2,1-5H3,(H,29,34)/b8-6+,14-7+/t15-,19+,20-,21+,24?,26+,27+/m1/s1. The van der Waals surface area contributed by atoms with E-state index in [1.54, 1.807) is 45.2 Å². The first-order valence-electron chi connectivity index (χ1n) is 12.5. The van der Waals surface area contributed by atoms with Gasteiger partial charge in [-0.2, -0.15) is 0 Å². The SMILES string of the molecule is COc1cc2cc(c1Cl)N(C)C(=O)C[C@H](O)[C@]1(C)OC1[C@H](C)[C@@H]1C[C@@](O)(NC(=O)O1)[C@H](O)/C=C/C=C(\C)C2. The molecule has 3 aliphatic rings. The van der Waals surface area contributed by atoms with Crippen molar-refractivity contribution in [2.45, 2.75) is 75.8 Å². The van der Waals surface area contributed by atoms with Crippen LogP contribution in [0, 0.1) is 5.92 Å². The van der Waals surface area contributed by atoms with Gasteiger partial charge >= 0.3 is 6.09 Å². The molecule has 2 amide bonds. The Morgan fingerprint density at radius 2 is 1.97 bits per heavy atom. The minimum absolute atomic E-state index is 0.105. The van der Waals surface area contributed by atoms with Crippen LogP contribution in [0.1, 0.15) is 39.2 Å². The van der Waals surface area contributed by atoms with Crippen molar-refractivity contribution in [3.63, 3.8) is 0 Å². The fourth-order valence-corrected chi connectivity index (χ4v) is 5.51. The lowest BCUT2D eigenvalue weighted by Crippen LogP contribution is -2.63. The Morgan fingerprint density at radius 3 is 2.66 bits per heavy atom. The van der Waals surface area contributed by atoms with Crippen LogP contribution in [-0.4, -0.2) is 77.2 Å². The van der Waals surface area contributed by atoms with Gasteiger partial charge in [-0.05, 0) is 38.0 Å². The van der Waals surface area contributed by atoms with Crippen molar-refractivity contribution >= 4 is 29.3 Å². The summed E-state index contributed by atoms with van der Waals surface area (Å²) < 4.78 is 16.7. The number of amides is 2. The van der Waals surface area contributed by atoms with Crippen molar-refractivity contribution in [3.05, 3.63) is 46.5 Å². The van der Waals surface area contributed by atoms with Crippen LogP contribution in [0.3, 0.4) is 0 Å². The molecule has 208 valence electrons. The molecular formula is C27H35ClN2O8. The summed E-state index contributed by atoms with van der Waals surface area (Å²) in [7, 11) is 3.07. The van der Waals surface area contributed by atoms with Crippen molar-refractivity contribution in [2.75, 3.05) is 19.1 Å². The van der Waals surface area contributed by atoms with Crippen molar-refractivity contribution in [1.29, 1.82) is 0 Å². The number of alkyl carbamates (subject to hydrolysis) is 1. The number of aliphatic hydroxyl groups is 3. The smallest absolute Gasteiger partial charge is 0.409 e. The van der Waals surface area contributed by atoms with Gasteiger partial charge in [-0.25, -0.2) is 4.79 Å². The number of nitrogens with one attached hydrogen (secondary N) is 1. The largest absolute Gasteiger partial charge is 0.495 e. The fourth-order valence-electron chi connectivity index (χ4n) is 5.20. The monoisotopic (exact) mass is 550 g/mol. The fraction of sp³-hybridized carbons (Fsp3) is 0.556. The molecule has 7 atom stereocenters. The predicted molar refractivity (Wildman–Crippen MR) is 140 cm³/mol. The Hall–Kier alpha value is -2.63. The molecule has 10 nitrogen and oxygen atoms in total. The Balaban J connectivity index is 1.73. The lowest BCUT2D eigenvalue weighted by Gasteiger charge is -2.41. The first kappa shape index (κ1) is 28.4.